The van der Waals surface area contributed by atoms with E-state index in [4.69, 9.17) is 15.2 Å². The summed E-state index contributed by atoms with van der Waals surface area (Å²) in [6.45, 7) is 6.61. The number of ether oxygens (including phenoxy) is 2. The highest BCUT2D eigenvalue weighted by molar-refractivity contribution is 9.10. The van der Waals surface area contributed by atoms with Gasteiger partial charge in [0.25, 0.3) is 0 Å². The topological polar surface area (TPSA) is 47.7 Å². The van der Waals surface area contributed by atoms with Crippen LogP contribution in [0.5, 0.6) is 11.5 Å². The first-order valence-corrected chi connectivity index (χ1v) is 7.94. The first-order chi connectivity index (χ1) is 9.60. The van der Waals surface area contributed by atoms with Gasteiger partial charge < -0.3 is 15.2 Å². The molecule has 20 heavy (non-hydrogen) atoms. The molecule has 0 bridgehead atoms. The van der Waals surface area contributed by atoms with Crippen molar-refractivity contribution in [1.82, 2.24) is 4.90 Å². The van der Waals surface area contributed by atoms with Crippen LogP contribution < -0.4 is 15.2 Å². The lowest BCUT2D eigenvalue weighted by atomic mass is 10.0. The molecule has 2 aliphatic rings. The molecule has 1 fully saturated rings. The van der Waals surface area contributed by atoms with Crippen molar-refractivity contribution in [3.63, 3.8) is 0 Å². The van der Waals surface area contributed by atoms with E-state index in [1.807, 2.05) is 0 Å². The predicted octanol–water partition coefficient (Wildman–Crippen LogP) is 2.91. The zero-order valence-electron chi connectivity index (χ0n) is 11.9. The number of halogens is 1. The van der Waals surface area contributed by atoms with Crippen molar-refractivity contribution in [2.45, 2.75) is 32.4 Å². The summed E-state index contributed by atoms with van der Waals surface area (Å²) in [6, 6.07) is 4.99. The van der Waals surface area contributed by atoms with Gasteiger partial charge in [-0.05, 0) is 52.9 Å². The largest absolute Gasteiger partial charge is 0.454 e. The summed E-state index contributed by atoms with van der Waals surface area (Å²) in [4.78, 5) is 2.51. The molecule has 3 unspecified atom stereocenters. The first-order valence-electron chi connectivity index (χ1n) is 7.15. The summed E-state index contributed by atoms with van der Waals surface area (Å²) in [7, 11) is 0. The van der Waals surface area contributed by atoms with Crippen LogP contribution in [0.1, 0.15) is 31.9 Å². The normalized spacial score (nSPS) is 27.0. The van der Waals surface area contributed by atoms with Gasteiger partial charge in [-0.3, -0.25) is 4.90 Å². The minimum atomic E-state index is 0.237. The Morgan fingerprint density at radius 2 is 2.20 bits per heavy atom. The summed E-state index contributed by atoms with van der Waals surface area (Å²) in [5, 5.41) is 0. The van der Waals surface area contributed by atoms with E-state index < -0.39 is 0 Å². The van der Waals surface area contributed by atoms with Gasteiger partial charge in [0.2, 0.25) is 6.79 Å². The zero-order chi connectivity index (χ0) is 14.3. The lowest BCUT2D eigenvalue weighted by Crippen LogP contribution is -2.36. The van der Waals surface area contributed by atoms with E-state index in [0.717, 1.165) is 28.4 Å². The van der Waals surface area contributed by atoms with Crippen LogP contribution in [0.25, 0.3) is 0 Å². The van der Waals surface area contributed by atoms with Crippen molar-refractivity contribution in [3.8, 4) is 11.5 Å². The Morgan fingerprint density at radius 3 is 2.85 bits per heavy atom. The minimum Gasteiger partial charge on any atom is -0.454 e. The molecule has 0 aliphatic carbocycles. The summed E-state index contributed by atoms with van der Waals surface area (Å²) in [5.74, 6) is 2.34. The second-order valence-electron chi connectivity index (χ2n) is 5.87. The molecule has 0 spiro atoms. The maximum atomic E-state index is 6.06. The molecular weight excluding hydrogens is 320 g/mol. The van der Waals surface area contributed by atoms with E-state index in [0.29, 0.717) is 19.4 Å². The SMILES string of the molecule is CC1CC(C)N(C(CN)c2cc(Br)c3c(c2)OCO3)C1. The second kappa shape index (κ2) is 5.54. The predicted molar refractivity (Wildman–Crippen MR) is 82.0 cm³/mol. The van der Waals surface area contributed by atoms with Crippen LogP contribution in [0.15, 0.2) is 16.6 Å². The van der Waals surface area contributed by atoms with E-state index in [-0.39, 0.29) is 6.04 Å². The molecule has 4 nitrogen and oxygen atoms in total. The number of benzene rings is 1. The number of hydrogen-bond acceptors (Lipinski definition) is 4. The van der Waals surface area contributed by atoms with Crippen molar-refractivity contribution >= 4 is 15.9 Å². The Balaban J connectivity index is 1.92. The van der Waals surface area contributed by atoms with Crippen LogP contribution in [-0.4, -0.2) is 30.8 Å². The van der Waals surface area contributed by atoms with Gasteiger partial charge in [-0.1, -0.05) is 6.92 Å². The lowest BCUT2D eigenvalue weighted by molar-refractivity contribution is 0.173. The van der Waals surface area contributed by atoms with Crippen molar-refractivity contribution in [2.75, 3.05) is 19.9 Å². The fourth-order valence-corrected chi connectivity index (χ4v) is 3.98. The van der Waals surface area contributed by atoms with Gasteiger partial charge in [0.05, 0.1) is 4.47 Å². The van der Waals surface area contributed by atoms with Gasteiger partial charge in [0, 0.05) is 25.2 Å². The average molecular weight is 341 g/mol. The minimum absolute atomic E-state index is 0.237. The number of likely N-dealkylation sites (tertiary alicyclic amines) is 1. The smallest absolute Gasteiger partial charge is 0.231 e. The molecule has 0 saturated carbocycles. The highest BCUT2D eigenvalue weighted by Gasteiger charge is 2.33. The fraction of sp³-hybridized carbons (Fsp3) is 0.600. The zero-order valence-corrected chi connectivity index (χ0v) is 13.5. The standard InChI is InChI=1S/C15H21BrN2O2/c1-9-3-10(2)18(7-9)13(6-17)11-4-12(16)15-14(5-11)19-8-20-15/h4-5,9-10,13H,3,6-8,17H2,1-2H3. The van der Waals surface area contributed by atoms with Crippen LogP contribution in [0, 0.1) is 5.92 Å². The van der Waals surface area contributed by atoms with Crippen LogP contribution in [0.4, 0.5) is 0 Å². The summed E-state index contributed by atoms with van der Waals surface area (Å²) < 4.78 is 11.9. The van der Waals surface area contributed by atoms with Crippen LogP contribution in [0.2, 0.25) is 0 Å². The first kappa shape index (κ1) is 14.2. The quantitative estimate of drug-likeness (QED) is 0.918. The molecule has 3 atom stereocenters. The number of rotatable bonds is 3. The highest BCUT2D eigenvalue weighted by Crippen LogP contribution is 2.42. The third-order valence-corrected chi connectivity index (χ3v) is 4.88. The van der Waals surface area contributed by atoms with E-state index in [9.17, 15) is 0 Å². The Labute approximate surface area is 128 Å². The highest BCUT2D eigenvalue weighted by atomic mass is 79.9. The fourth-order valence-electron chi connectivity index (χ4n) is 3.41. The average Bonchev–Trinajstić information content (AvgIpc) is 2.98. The molecule has 5 heteroatoms. The molecule has 2 N–H and O–H groups in total. The molecule has 0 radical (unpaired) electrons. The van der Waals surface area contributed by atoms with Crippen LogP contribution >= 0.6 is 15.9 Å². The molecule has 1 saturated heterocycles. The Kier molecular flexibility index (Phi) is 3.93. The van der Waals surface area contributed by atoms with E-state index in [1.54, 1.807) is 0 Å². The maximum absolute atomic E-state index is 6.06. The van der Waals surface area contributed by atoms with Crippen molar-refractivity contribution in [2.24, 2.45) is 11.7 Å². The van der Waals surface area contributed by atoms with Crippen LogP contribution in [0.3, 0.4) is 0 Å². The molecule has 2 aliphatic heterocycles. The number of fused-ring (bicyclic) bond motifs is 1. The monoisotopic (exact) mass is 340 g/mol. The Morgan fingerprint density at radius 1 is 1.40 bits per heavy atom. The second-order valence-corrected chi connectivity index (χ2v) is 6.73. The van der Waals surface area contributed by atoms with Gasteiger partial charge in [0.1, 0.15) is 0 Å². The molecule has 1 aromatic rings. The van der Waals surface area contributed by atoms with Gasteiger partial charge in [-0.25, -0.2) is 0 Å². The third-order valence-electron chi connectivity index (χ3n) is 4.29. The molecule has 1 aromatic carbocycles. The molecule has 0 amide bonds. The maximum Gasteiger partial charge on any atom is 0.231 e. The van der Waals surface area contributed by atoms with Gasteiger partial charge in [-0.15, -0.1) is 0 Å². The summed E-state index contributed by atoms with van der Waals surface area (Å²) in [6.07, 6.45) is 1.24. The molecule has 110 valence electrons. The summed E-state index contributed by atoms with van der Waals surface area (Å²) in [5.41, 5.74) is 7.26. The van der Waals surface area contributed by atoms with Crippen molar-refractivity contribution in [1.29, 1.82) is 0 Å². The summed E-state index contributed by atoms with van der Waals surface area (Å²) >= 11 is 3.57. The van der Waals surface area contributed by atoms with E-state index >= 15 is 0 Å². The Bertz CT molecular complexity index is 509. The van der Waals surface area contributed by atoms with Gasteiger partial charge >= 0.3 is 0 Å². The molecule has 0 aromatic heterocycles. The number of hydrogen-bond donors (Lipinski definition) is 1. The van der Waals surface area contributed by atoms with Crippen molar-refractivity contribution in [3.05, 3.63) is 22.2 Å². The molecule has 3 rings (SSSR count). The number of nitrogens with two attached hydrogens (primary N) is 1. The Hall–Kier alpha value is -0.780. The van der Waals surface area contributed by atoms with Crippen LogP contribution in [-0.2, 0) is 0 Å². The third kappa shape index (κ3) is 2.43. The van der Waals surface area contributed by atoms with E-state index in [2.05, 4.69) is 46.8 Å². The number of nitrogens with zero attached hydrogens (tertiary/aromatic N) is 1. The van der Waals surface area contributed by atoms with Gasteiger partial charge in [0.15, 0.2) is 11.5 Å². The molecular formula is C15H21BrN2O2. The van der Waals surface area contributed by atoms with Crippen molar-refractivity contribution < 1.29 is 9.47 Å². The lowest BCUT2D eigenvalue weighted by Gasteiger charge is -2.31. The van der Waals surface area contributed by atoms with Gasteiger partial charge in [-0.2, -0.15) is 0 Å². The molecule has 2 heterocycles. The van der Waals surface area contributed by atoms with E-state index in [1.165, 1.54) is 12.0 Å².